The van der Waals surface area contributed by atoms with Crippen LogP contribution in [0.15, 0.2) is 18.3 Å². The molecule has 0 spiro atoms. The Kier molecular flexibility index (Phi) is 3.29. The molecule has 2 aromatic rings. The highest BCUT2D eigenvalue weighted by atomic mass is 16.1. The van der Waals surface area contributed by atoms with E-state index in [1.165, 1.54) is 0 Å². The predicted molar refractivity (Wildman–Crippen MR) is 76.2 cm³/mol. The van der Waals surface area contributed by atoms with Gasteiger partial charge in [-0.15, -0.1) is 0 Å². The fourth-order valence-electron chi connectivity index (χ4n) is 1.96. The van der Waals surface area contributed by atoms with Gasteiger partial charge in [0, 0.05) is 13.2 Å². The molecular weight excluding hydrogens is 240 g/mol. The van der Waals surface area contributed by atoms with Crippen molar-refractivity contribution in [2.75, 3.05) is 11.1 Å². The van der Waals surface area contributed by atoms with E-state index < -0.39 is 0 Å². The second-order valence-corrected chi connectivity index (χ2v) is 4.78. The molecule has 0 aliphatic carbocycles. The second kappa shape index (κ2) is 4.76. The molecule has 0 radical (unpaired) electrons. The number of aromatic nitrogens is 2. The summed E-state index contributed by atoms with van der Waals surface area (Å²) in [4.78, 5) is 12.2. The lowest BCUT2D eigenvalue weighted by molar-refractivity contribution is 0.102. The summed E-state index contributed by atoms with van der Waals surface area (Å²) >= 11 is 0. The van der Waals surface area contributed by atoms with Gasteiger partial charge in [0.05, 0.1) is 22.6 Å². The third kappa shape index (κ3) is 2.59. The molecule has 3 N–H and O–H groups in total. The van der Waals surface area contributed by atoms with Crippen LogP contribution < -0.4 is 11.1 Å². The molecule has 5 heteroatoms. The van der Waals surface area contributed by atoms with Crippen molar-refractivity contribution in [3.8, 4) is 0 Å². The van der Waals surface area contributed by atoms with Crippen LogP contribution in [0.3, 0.4) is 0 Å². The van der Waals surface area contributed by atoms with Gasteiger partial charge in [0.25, 0.3) is 5.91 Å². The average Bonchev–Trinajstić information content (AvgIpc) is 2.65. The van der Waals surface area contributed by atoms with Gasteiger partial charge < -0.3 is 11.1 Å². The molecular formula is C14H18N4O. The van der Waals surface area contributed by atoms with E-state index in [0.29, 0.717) is 22.6 Å². The number of rotatable bonds is 2. The molecule has 0 saturated heterocycles. The van der Waals surface area contributed by atoms with Crippen molar-refractivity contribution in [2.24, 2.45) is 7.05 Å². The van der Waals surface area contributed by atoms with Crippen LogP contribution in [0.25, 0.3) is 0 Å². The van der Waals surface area contributed by atoms with Crippen LogP contribution >= 0.6 is 0 Å². The minimum atomic E-state index is -0.194. The molecule has 1 heterocycles. The van der Waals surface area contributed by atoms with Gasteiger partial charge >= 0.3 is 0 Å². The molecule has 0 atom stereocenters. The van der Waals surface area contributed by atoms with Crippen molar-refractivity contribution in [3.05, 3.63) is 40.7 Å². The zero-order valence-corrected chi connectivity index (χ0v) is 11.6. The van der Waals surface area contributed by atoms with Gasteiger partial charge in [0.2, 0.25) is 0 Å². The van der Waals surface area contributed by atoms with Crippen LogP contribution in [0.4, 0.5) is 11.4 Å². The minimum absolute atomic E-state index is 0.194. The molecule has 0 saturated carbocycles. The Balaban J connectivity index is 2.29. The zero-order chi connectivity index (χ0) is 14.2. The number of anilines is 2. The number of carbonyl (C=O) groups excluding carboxylic acids is 1. The zero-order valence-electron chi connectivity index (χ0n) is 11.6. The predicted octanol–water partition coefficient (Wildman–Crippen LogP) is 2.18. The maximum absolute atomic E-state index is 12.2. The summed E-state index contributed by atoms with van der Waals surface area (Å²) in [5, 5.41) is 6.98. The summed E-state index contributed by atoms with van der Waals surface area (Å²) < 4.78 is 1.62. The summed E-state index contributed by atoms with van der Waals surface area (Å²) in [5.41, 5.74) is 10.6. The van der Waals surface area contributed by atoms with E-state index >= 15 is 0 Å². The van der Waals surface area contributed by atoms with Crippen molar-refractivity contribution in [3.63, 3.8) is 0 Å². The lowest BCUT2D eigenvalue weighted by Gasteiger charge is -2.10. The molecule has 19 heavy (non-hydrogen) atoms. The third-order valence-corrected chi connectivity index (χ3v) is 3.17. The van der Waals surface area contributed by atoms with Crippen LogP contribution in [0, 0.1) is 20.8 Å². The molecule has 1 aromatic heterocycles. The molecule has 0 bridgehead atoms. The Labute approximate surface area is 112 Å². The summed E-state index contributed by atoms with van der Waals surface area (Å²) in [6, 6.07) is 3.75. The van der Waals surface area contributed by atoms with E-state index in [4.69, 9.17) is 5.73 Å². The number of hydrogen-bond acceptors (Lipinski definition) is 3. The van der Waals surface area contributed by atoms with E-state index in [1.54, 1.807) is 24.9 Å². The van der Waals surface area contributed by atoms with E-state index in [0.717, 1.165) is 11.1 Å². The fourth-order valence-corrected chi connectivity index (χ4v) is 1.96. The number of nitrogens with one attached hydrogen (secondary N) is 1. The van der Waals surface area contributed by atoms with Crippen LogP contribution in [-0.4, -0.2) is 15.7 Å². The third-order valence-electron chi connectivity index (χ3n) is 3.17. The first-order valence-corrected chi connectivity index (χ1v) is 6.07. The number of amides is 1. The summed E-state index contributed by atoms with van der Waals surface area (Å²) in [6.45, 7) is 5.78. The Morgan fingerprint density at radius 2 is 1.89 bits per heavy atom. The largest absolute Gasteiger partial charge is 0.397 e. The number of carbonyl (C=O) groups is 1. The first-order chi connectivity index (χ1) is 8.88. The lowest BCUT2D eigenvalue weighted by Crippen LogP contribution is -2.14. The minimum Gasteiger partial charge on any atom is -0.397 e. The number of aryl methyl sites for hydroxylation is 4. The standard InChI is InChI=1S/C14H18N4O/c1-8-5-12(15)13(6-9(8)2)16-14(19)11-7-18(4)17-10(11)3/h5-7H,15H2,1-4H3,(H,16,19). The quantitative estimate of drug-likeness (QED) is 0.811. The highest BCUT2D eigenvalue weighted by Crippen LogP contribution is 2.23. The summed E-state index contributed by atoms with van der Waals surface area (Å²) in [6.07, 6.45) is 1.70. The number of benzene rings is 1. The van der Waals surface area contributed by atoms with Crippen molar-refractivity contribution < 1.29 is 4.79 Å². The molecule has 5 nitrogen and oxygen atoms in total. The molecule has 1 amide bonds. The second-order valence-electron chi connectivity index (χ2n) is 4.78. The van der Waals surface area contributed by atoms with Gasteiger partial charge in [-0.2, -0.15) is 5.10 Å². The molecule has 0 aliphatic heterocycles. The number of hydrogen-bond donors (Lipinski definition) is 2. The maximum Gasteiger partial charge on any atom is 0.259 e. The molecule has 100 valence electrons. The number of nitrogens with two attached hydrogens (primary N) is 1. The van der Waals surface area contributed by atoms with Gasteiger partial charge in [0.1, 0.15) is 0 Å². The van der Waals surface area contributed by atoms with Gasteiger partial charge in [-0.1, -0.05) is 0 Å². The highest BCUT2D eigenvalue weighted by molar-refractivity contribution is 6.06. The Hall–Kier alpha value is -2.30. The normalized spacial score (nSPS) is 10.5. The fraction of sp³-hybridized carbons (Fsp3) is 0.286. The van der Waals surface area contributed by atoms with Crippen molar-refractivity contribution >= 4 is 17.3 Å². The molecule has 0 aliphatic rings. The lowest BCUT2D eigenvalue weighted by atomic mass is 10.1. The Morgan fingerprint density at radius 1 is 1.26 bits per heavy atom. The van der Waals surface area contributed by atoms with Crippen molar-refractivity contribution in [1.29, 1.82) is 0 Å². The first kappa shape index (κ1) is 13.1. The SMILES string of the molecule is Cc1cc(N)c(NC(=O)c2cn(C)nc2C)cc1C. The molecule has 1 aromatic carbocycles. The van der Waals surface area contributed by atoms with Gasteiger partial charge in [0.15, 0.2) is 0 Å². The van der Waals surface area contributed by atoms with E-state index in [-0.39, 0.29) is 5.91 Å². The van der Waals surface area contributed by atoms with Crippen LogP contribution in [0.1, 0.15) is 27.2 Å². The van der Waals surface area contributed by atoms with Gasteiger partial charge in [-0.3, -0.25) is 9.48 Å². The summed E-state index contributed by atoms with van der Waals surface area (Å²) in [5.74, 6) is -0.194. The smallest absolute Gasteiger partial charge is 0.259 e. The van der Waals surface area contributed by atoms with E-state index in [2.05, 4.69) is 10.4 Å². The van der Waals surface area contributed by atoms with Crippen LogP contribution in [0.5, 0.6) is 0 Å². The first-order valence-electron chi connectivity index (χ1n) is 6.07. The van der Waals surface area contributed by atoms with E-state index in [9.17, 15) is 4.79 Å². The highest BCUT2D eigenvalue weighted by Gasteiger charge is 2.14. The summed E-state index contributed by atoms with van der Waals surface area (Å²) in [7, 11) is 1.79. The number of nitrogen functional groups attached to an aromatic ring is 1. The maximum atomic E-state index is 12.2. The Morgan fingerprint density at radius 3 is 2.47 bits per heavy atom. The molecule has 2 rings (SSSR count). The van der Waals surface area contributed by atoms with Crippen molar-refractivity contribution in [1.82, 2.24) is 9.78 Å². The van der Waals surface area contributed by atoms with E-state index in [1.807, 2.05) is 26.0 Å². The van der Waals surface area contributed by atoms with Crippen LogP contribution in [-0.2, 0) is 7.05 Å². The van der Waals surface area contributed by atoms with Gasteiger partial charge in [-0.25, -0.2) is 0 Å². The number of nitrogens with zero attached hydrogens (tertiary/aromatic N) is 2. The topological polar surface area (TPSA) is 72.9 Å². The molecule has 0 unspecified atom stereocenters. The van der Waals surface area contributed by atoms with Crippen molar-refractivity contribution in [2.45, 2.75) is 20.8 Å². The Bertz CT molecular complexity index is 643. The van der Waals surface area contributed by atoms with Gasteiger partial charge in [-0.05, 0) is 44.0 Å². The monoisotopic (exact) mass is 258 g/mol. The average molecular weight is 258 g/mol. The van der Waals surface area contributed by atoms with Crippen LogP contribution in [0.2, 0.25) is 0 Å². The molecule has 0 fully saturated rings.